The number of hydrogen-bond donors (Lipinski definition) is 1. The van der Waals surface area contributed by atoms with Crippen molar-refractivity contribution in [2.75, 3.05) is 5.33 Å². The van der Waals surface area contributed by atoms with Crippen LogP contribution in [-0.2, 0) is 6.42 Å². The summed E-state index contributed by atoms with van der Waals surface area (Å²) in [4.78, 5) is 10.4. The first-order chi connectivity index (χ1) is 6.63. The third-order valence-electron chi connectivity index (χ3n) is 1.59. The summed E-state index contributed by atoms with van der Waals surface area (Å²) in [5.41, 5.74) is 5.58. The second-order valence-electron chi connectivity index (χ2n) is 2.62. The van der Waals surface area contributed by atoms with Gasteiger partial charge < -0.3 is 10.5 Å². The zero-order valence-corrected chi connectivity index (χ0v) is 8.88. The molecule has 0 aliphatic rings. The van der Waals surface area contributed by atoms with Crippen molar-refractivity contribution in [3.8, 4) is 5.75 Å². The molecule has 14 heavy (non-hydrogen) atoms. The summed E-state index contributed by atoms with van der Waals surface area (Å²) in [6.45, 7) is 0. The molecule has 0 saturated heterocycles. The van der Waals surface area contributed by atoms with Crippen LogP contribution in [0.5, 0.6) is 5.75 Å². The van der Waals surface area contributed by atoms with Gasteiger partial charge in [0, 0.05) is 5.33 Å². The van der Waals surface area contributed by atoms with Gasteiger partial charge in [0.15, 0.2) is 11.6 Å². The summed E-state index contributed by atoms with van der Waals surface area (Å²) in [5, 5.41) is 0.752. The Kier molecular flexibility index (Phi) is 3.88. The minimum absolute atomic E-state index is 0.143. The smallest absolute Gasteiger partial charge is 0.407 e. The molecule has 0 saturated carbocycles. The molecule has 5 heteroatoms. The predicted molar refractivity (Wildman–Crippen MR) is 54.1 cm³/mol. The number of benzene rings is 1. The van der Waals surface area contributed by atoms with Crippen LogP contribution < -0.4 is 10.5 Å². The summed E-state index contributed by atoms with van der Waals surface area (Å²) in [6, 6.07) is 4.39. The van der Waals surface area contributed by atoms with Crippen LogP contribution in [-0.4, -0.2) is 11.4 Å². The SMILES string of the molecule is NC(=O)Oc1ccc(CCBr)cc1F. The summed E-state index contributed by atoms with van der Waals surface area (Å²) in [7, 11) is 0. The fourth-order valence-electron chi connectivity index (χ4n) is 1.00. The lowest BCUT2D eigenvalue weighted by molar-refractivity contribution is 0.208. The molecule has 76 valence electrons. The first-order valence-electron chi connectivity index (χ1n) is 3.95. The summed E-state index contributed by atoms with van der Waals surface area (Å²) >= 11 is 3.24. The highest BCUT2D eigenvalue weighted by atomic mass is 79.9. The van der Waals surface area contributed by atoms with Crippen LogP contribution in [0.15, 0.2) is 18.2 Å². The molecule has 0 spiro atoms. The number of aryl methyl sites for hydroxylation is 1. The average molecular weight is 262 g/mol. The highest BCUT2D eigenvalue weighted by Crippen LogP contribution is 2.18. The van der Waals surface area contributed by atoms with E-state index in [1.165, 1.54) is 12.1 Å². The van der Waals surface area contributed by atoms with E-state index in [1.807, 2.05) is 0 Å². The molecule has 3 nitrogen and oxygen atoms in total. The molecule has 0 bridgehead atoms. The quantitative estimate of drug-likeness (QED) is 0.849. The van der Waals surface area contributed by atoms with Crippen molar-refractivity contribution in [2.24, 2.45) is 5.73 Å². The van der Waals surface area contributed by atoms with Crippen LogP contribution in [0.25, 0.3) is 0 Å². The lowest BCUT2D eigenvalue weighted by Crippen LogP contribution is -2.17. The number of hydrogen-bond acceptors (Lipinski definition) is 2. The standard InChI is InChI=1S/C9H9BrFNO2/c10-4-3-6-1-2-8(7(11)5-6)14-9(12)13/h1-2,5H,3-4H2,(H2,12,13). The lowest BCUT2D eigenvalue weighted by atomic mass is 10.1. The molecule has 0 aromatic heterocycles. The van der Waals surface area contributed by atoms with Gasteiger partial charge >= 0.3 is 6.09 Å². The summed E-state index contributed by atoms with van der Waals surface area (Å²) in [6.07, 6.45) is -0.300. The van der Waals surface area contributed by atoms with Crippen LogP contribution >= 0.6 is 15.9 Å². The first-order valence-corrected chi connectivity index (χ1v) is 5.07. The van der Waals surface area contributed by atoms with Crippen LogP contribution in [0.3, 0.4) is 0 Å². The van der Waals surface area contributed by atoms with Crippen molar-refractivity contribution in [3.05, 3.63) is 29.6 Å². The number of amides is 1. The van der Waals surface area contributed by atoms with E-state index in [4.69, 9.17) is 5.73 Å². The number of nitrogens with two attached hydrogens (primary N) is 1. The molecular formula is C9H9BrFNO2. The second kappa shape index (κ2) is 4.95. The molecule has 0 heterocycles. The van der Waals surface area contributed by atoms with Crippen molar-refractivity contribution in [2.45, 2.75) is 6.42 Å². The Morgan fingerprint density at radius 1 is 1.57 bits per heavy atom. The Labute approximate surface area is 89.2 Å². The van der Waals surface area contributed by atoms with Gasteiger partial charge in [-0.25, -0.2) is 9.18 Å². The molecular weight excluding hydrogens is 253 g/mol. The molecule has 0 aliphatic carbocycles. The third-order valence-corrected chi connectivity index (χ3v) is 1.99. The van der Waals surface area contributed by atoms with Gasteiger partial charge in [-0.3, -0.25) is 0 Å². The highest BCUT2D eigenvalue weighted by Gasteiger charge is 2.06. The maximum Gasteiger partial charge on any atom is 0.410 e. The van der Waals surface area contributed by atoms with Crippen molar-refractivity contribution in [1.82, 2.24) is 0 Å². The van der Waals surface area contributed by atoms with Gasteiger partial charge in [0.1, 0.15) is 0 Å². The monoisotopic (exact) mass is 261 g/mol. The van der Waals surface area contributed by atoms with Gasteiger partial charge in [-0.05, 0) is 24.1 Å². The Bertz CT molecular complexity index is 344. The first kappa shape index (κ1) is 11.0. The number of ether oxygens (including phenoxy) is 1. The van der Waals surface area contributed by atoms with Crippen LogP contribution in [0.2, 0.25) is 0 Å². The van der Waals surface area contributed by atoms with Crippen molar-refractivity contribution in [1.29, 1.82) is 0 Å². The molecule has 0 unspecified atom stereocenters. The van der Waals surface area contributed by atoms with Crippen LogP contribution in [0, 0.1) is 5.82 Å². The van der Waals surface area contributed by atoms with Crippen molar-refractivity contribution >= 4 is 22.0 Å². The van der Waals surface area contributed by atoms with Gasteiger partial charge in [-0.1, -0.05) is 22.0 Å². The van der Waals surface area contributed by atoms with Crippen LogP contribution in [0.1, 0.15) is 5.56 Å². The van der Waals surface area contributed by atoms with Gasteiger partial charge in [0.2, 0.25) is 0 Å². The Morgan fingerprint density at radius 3 is 2.79 bits per heavy atom. The van der Waals surface area contributed by atoms with Gasteiger partial charge in [-0.2, -0.15) is 0 Å². The van der Waals surface area contributed by atoms with E-state index in [0.717, 1.165) is 10.9 Å². The number of halogens is 2. The van der Waals surface area contributed by atoms with Gasteiger partial charge in [0.25, 0.3) is 0 Å². The number of primary amides is 1. The zero-order valence-electron chi connectivity index (χ0n) is 7.30. The maximum absolute atomic E-state index is 13.2. The van der Waals surface area contributed by atoms with Gasteiger partial charge in [0.05, 0.1) is 0 Å². The third kappa shape index (κ3) is 2.99. The molecule has 0 fully saturated rings. The largest absolute Gasteiger partial charge is 0.410 e. The molecule has 2 N–H and O–H groups in total. The molecule has 1 aromatic carbocycles. The summed E-state index contributed by atoms with van der Waals surface area (Å²) in [5.74, 6) is -0.724. The van der Waals surface area contributed by atoms with Crippen LogP contribution in [0.4, 0.5) is 9.18 Å². The highest BCUT2D eigenvalue weighted by molar-refractivity contribution is 9.09. The van der Waals surface area contributed by atoms with E-state index in [2.05, 4.69) is 20.7 Å². The Hall–Kier alpha value is -1.10. The number of alkyl halides is 1. The van der Waals surface area contributed by atoms with E-state index in [1.54, 1.807) is 6.07 Å². The van der Waals surface area contributed by atoms with Crippen molar-refractivity contribution in [3.63, 3.8) is 0 Å². The molecule has 0 atom stereocenters. The number of carbonyl (C=O) groups is 1. The minimum Gasteiger partial charge on any atom is -0.407 e. The number of carbonyl (C=O) groups excluding carboxylic acids is 1. The maximum atomic E-state index is 13.2. The average Bonchev–Trinajstić information content (AvgIpc) is 2.10. The Balaban J connectivity index is 2.84. The van der Waals surface area contributed by atoms with Gasteiger partial charge in [-0.15, -0.1) is 0 Å². The molecule has 1 rings (SSSR count). The predicted octanol–water partition coefficient (Wildman–Crippen LogP) is 2.22. The number of rotatable bonds is 3. The normalized spacial score (nSPS) is 9.86. The summed E-state index contributed by atoms with van der Waals surface area (Å²) < 4.78 is 17.6. The van der Waals surface area contributed by atoms with E-state index in [9.17, 15) is 9.18 Å². The Morgan fingerprint density at radius 2 is 2.29 bits per heavy atom. The fourth-order valence-corrected chi connectivity index (χ4v) is 1.46. The zero-order chi connectivity index (χ0) is 10.6. The molecule has 0 aliphatic heterocycles. The van der Waals surface area contributed by atoms with E-state index < -0.39 is 11.9 Å². The van der Waals surface area contributed by atoms with E-state index in [-0.39, 0.29) is 5.75 Å². The lowest BCUT2D eigenvalue weighted by Gasteiger charge is -2.04. The topological polar surface area (TPSA) is 52.3 Å². The van der Waals surface area contributed by atoms with Crippen molar-refractivity contribution < 1.29 is 13.9 Å². The molecule has 1 amide bonds. The second-order valence-corrected chi connectivity index (χ2v) is 3.42. The van der Waals surface area contributed by atoms with E-state index in [0.29, 0.717) is 6.42 Å². The minimum atomic E-state index is -1.02. The van der Waals surface area contributed by atoms with E-state index >= 15 is 0 Å². The molecule has 1 aromatic rings. The fraction of sp³-hybridized carbons (Fsp3) is 0.222. The molecule has 0 radical (unpaired) electrons.